The number of carbonyl (C=O) groups excluding carboxylic acids is 2. The molecule has 1 aromatic carbocycles. The molecule has 7 heteroatoms. The predicted octanol–water partition coefficient (Wildman–Crippen LogP) is 1.17. The molecule has 2 amide bonds. The first-order chi connectivity index (χ1) is 12.1. The minimum Gasteiger partial charge on any atom is -0.497 e. The van der Waals surface area contributed by atoms with E-state index in [0.29, 0.717) is 49.8 Å². The Labute approximate surface area is 147 Å². The summed E-state index contributed by atoms with van der Waals surface area (Å²) in [5.41, 5.74) is 0.473. The topological polar surface area (TPSA) is 68.3 Å². The highest BCUT2D eigenvalue weighted by molar-refractivity contribution is 5.97. The molecule has 0 N–H and O–H groups in total. The number of carbonyl (C=O) groups is 2. The van der Waals surface area contributed by atoms with Crippen molar-refractivity contribution >= 4 is 11.8 Å². The van der Waals surface area contributed by atoms with Crippen LogP contribution in [-0.4, -0.2) is 74.7 Å². The van der Waals surface area contributed by atoms with Gasteiger partial charge in [0.1, 0.15) is 17.6 Å². The molecule has 1 unspecified atom stereocenters. The SMILES string of the molecule is COc1ccc(OC)c(C(=O)N2CCN(C(=O)C3CCCO3)CC2)c1. The van der Waals surface area contributed by atoms with Crippen molar-refractivity contribution in [3.05, 3.63) is 23.8 Å². The average Bonchev–Trinajstić information content (AvgIpc) is 3.21. The number of hydrogen-bond acceptors (Lipinski definition) is 5. The van der Waals surface area contributed by atoms with Gasteiger partial charge in [-0.25, -0.2) is 0 Å². The van der Waals surface area contributed by atoms with E-state index >= 15 is 0 Å². The van der Waals surface area contributed by atoms with Crippen LogP contribution in [0.15, 0.2) is 18.2 Å². The van der Waals surface area contributed by atoms with E-state index in [1.54, 1.807) is 35.1 Å². The van der Waals surface area contributed by atoms with Crippen LogP contribution in [0.5, 0.6) is 11.5 Å². The average molecular weight is 348 g/mol. The molecule has 0 bridgehead atoms. The van der Waals surface area contributed by atoms with Crippen LogP contribution in [0.25, 0.3) is 0 Å². The third-order valence-corrected chi connectivity index (χ3v) is 4.72. The Morgan fingerprint density at radius 3 is 2.40 bits per heavy atom. The summed E-state index contributed by atoms with van der Waals surface area (Å²) in [4.78, 5) is 28.8. The lowest BCUT2D eigenvalue weighted by atomic mass is 10.1. The van der Waals surface area contributed by atoms with Gasteiger partial charge in [0.15, 0.2) is 0 Å². The maximum atomic E-state index is 12.8. The summed E-state index contributed by atoms with van der Waals surface area (Å²) in [5, 5.41) is 0. The van der Waals surface area contributed by atoms with Gasteiger partial charge in [-0.2, -0.15) is 0 Å². The maximum Gasteiger partial charge on any atom is 0.257 e. The van der Waals surface area contributed by atoms with Gasteiger partial charge in [0.05, 0.1) is 19.8 Å². The van der Waals surface area contributed by atoms with Crippen molar-refractivity contribution < 1.29 is 23.8 Å². The van der Waals surface area contributed by atoms with E-state index in [4.69, 9.17) is 14.2 Å². The molecular weight excluding hydrogens is 324 g/mol. The van der Waals surface area contributed by atoms with Crippen molar-refractivity contribution in [3.8, 4) is 11.5 Å². The Morgan fingerprint density at radius 2 is 1.80 bits per heavy atom. The Morgan fingerprint density at radius 1 is 1.08 bits per heavy atom. The van der Waals surface area contributed by atoms with Gasteiger partial charge in [-0.1, -0.05) is 0 Å². The highest BCUT2D eigenvalue weighted by Crippen LogP contribution is 2.26. The van der Waals surface area contributed by atoms with Gasteiger partial charge in [0.2, 0.25) is 0 Å². The van der Waals surface area contributed by atoms with Crippen LogP contribution in [0, 0.1) is 0 Å². The molecule has 1 atom stereocenters. The second-order valence-electron chi connectivity index (χ2n) is 6.19. The molecule has 0 aromatic heterocycles. The quantitative estimate of drug-likeness (QED) is 0.817. The first kappa shape index (κ1) is 17.5. The van der Waals surface area contributed by atoms with Crippen molar-refractivity contribution in [2.75, 3.05) is 47.0 Å². The van der Waals surface area contributed by atoms with Crippen molar-refractivity contribution in [2.45, 2.75) is 18.9 Å². The van der Waals surface area contributed by atoms with Crippen LogP contribution in [0.3, 0.4) is 0 Å². The van der Waals surface area contributed by atoms with Gasteiger partial charge in [-0.15, -0.1) is 0 Å². The zero-order valence-electron chi connectivity index (χ0n) is 14.7. The lowest BCUT2D eigenvalue weighted by molar-refractivity contribution is -0.142. The van der Waals surface area contributed by atoms with Gasteiger partial charge in [-0.3, -0.25) is 9.59 Å². The van der Waals surface area contributed by atoms with Gasteiger partial charge in [0.25, 0.3) is 11.8 Å². The van der Waals surface area contributed by atoms with Gasteiger partial charge in [0, 0.05) is 32.8 Å². The van der Waals surface area contributed by atoms with Gasteiger partial charge < -0.3 is 24.0 Å². The molecule has 0 saturated carbocycles. The molecule has 0 radical (unpaired) electrons. The summed E-state index contributed by atoms with van der Waals surface area (Å²) in [5.74, 6) is 1.06. The highest BCUT2D eigenvalue weighted by atomic mass is 16.5. The molecule has 2 aliphatic heterocycles. The second-order valence-corrected chi connectivity index (χ2v) is 6.19. The maximum absolute atomic E-state index is 12.8. The summed E-state index contributed by atoms with van der Waals surface area (Å²) in [6.45, 7) is 2.70. The van der Waals surface area contributed by atoms with E-state index in [0.717, 1.165) is 12.8 Å². The number of piperazine rings is 1. The van der Waals surface area contributed by atoms with Crippen LogP contribution < -0.4 is 9.47 Å². The summed E-state index contributed by atoms with van der Waals surface area (Å²) in [6, 6.07) is 5.17. The number of ether oxygens (including phenoxy) is 3. The smallest absolute Gasteiger partial charge is 0.257 e. The molecular formula is C18H24N2O5. The van der Waals surface area contributed by atoms with E-state index in [-0.39, 0.29) is 17.9 Å². The highest BCUT2D eigenvalue weighted by Gasteiger charge is 2.32. The first-order valence-corrected chi connectivity index (χ1v) is 8.55. The van der Waals surface area contributed by atoms with Crippen LogP contribution in [0.1, 0.15) is 23.2 Å². The number of methoxy groups -OCH3 is 2. The van der Waals surface area contributed by atoms with E-state index in [2.05, 4.69) is 0 Å². The fraction of sp³-hybridized carbons (Fsp3) is 0.556. The summed E-state index contributed by atoms with van der Waals surface area (Å²) < 4.78 is 16.0. The van der Waals surface area contributed by atoms with E-state index in [1.165, 1.54) is 7.11 Å². The Hall–Kier alpha value is -2.28. The normalized spacial score (nSPS) is 20.5. The van der Waals surface area contributed by atoms with Gasteiger partial charge in [-0.05, 0) is 31.0 Å². The minimum atomic E-state index is -0.305. The van der Waals surface area contributed by atoms with Crippen molar-refractivity contribution in [1.82, 2.24) is 9.80 Å². The first-order valence-electron chi connectivity index (χ1n) is 8.55. The van der Waals surface area contributed by atoms with E-state index in [1.807, 2.05) is 0 Å². The largest absolute Gasteiger partial charge is 0.497 e. The van der Waals surface area contributed by atoms with Gasteiger partial charge >= 0.3 is 0 Å². The molecule has 2 heterocycles. The third-order valence-electron chi connectivity index (χ3n) is 4.72. The standard InChI is InChI=1S/C18H24N2O5/c1-23-13-5-6-15(24-2)14(12-13)17(21)19-7-9-20(10-8-19)18(22)16-4-3-11-25-16/h5-6,12,16H,3-4,7-11H2,1-2H3. The fourth-order valence-corrected chi connectivity index (χ4v) is 3.26. The second kappa shape index (κ2) is 7.74. The third kappa shape index (κ3) is 3.71. The molecule has 136 valence electrons. The number of amides is 2. The van der Waals surface area contributed by atoms with Crippen LogP contribution >= 0.6 is 0 Å². The molecule has 2 saturated heterocycles. The molecule has 3 rings (SSSR count). The van der Waals surface area contributed by atoms with Crippen molar-refractivity contribution in [3.63, 3.8) is 0 Å². The van der Waals surface area contributed by atoms with Crippen LogP contribution in [0.4, 0.5) is 0 Å². The minimum absolute atomic E-state index is 0.0450. The zero-order chi connectivity index (χ0) is 17.8. The molecule has 7 nitrogen and oxygen atoms in total. The molecule has 2 aliphatic rings. The summed E-state index contributed by atoms with van der Waals surface area (Å²) in [6.07, 6.45) is 1.42. The molecule has 0 spiro atoms. The monoisotopic (exact) mass is 348 g/mol. The zero-order valence-corrected chi connectivity index (χ0v) is 14.7. The summed E-state index contributed by atoms with van der Waals surface area (Å²) >= 11 is 0. The number of rotatable bonds is 4. The number of nitrogens with zero attached hydrogens (tertiary/aromatic N) is 2. The van der Waals surface area contributed by atoms with E-state index < -0.39 is 0 Å². The van der Waals surface area contributed by atoms with Crippen LogP contribution in [0.2, 0.25) is 0 Å². The molecule has 0 aliphatic carbocycles. The molecule has 1 aromatic rings. The number of hydrogen-bond donors (Lipinski definition) is 0. The lowest BCUT2D eigenvalue weighted by Gasteiger charge is -2.36. The molecule has 2 fully saturated rings. The van der Waals surface area contributed by atoms with E-state index in [9.17, 15) is 9.59 Å². The molecule has 25 heavy (non-hydrogen) atoms. The predicted molar refractivity (Wildman–Crippen MR) is 91.0 cm³/mol. The Kier molecular flexibility index (Phi) is 5.43. The fourth-order valence-electron chi connectivity index (χ4n) is 3.26. The Balaban J connectivity index is 1.64. The summed E-state index contributed by atoms with van der Waals surface area (Å²) in [7, 11) is 3.10. The number of benzene rings is 1. The Bertz CT molecular complexity index is 634. The van der Waals surface area contributed by atoms with Crippen molar-refractivity contribution in [2.24, 2.45) is 0 Å². The van der Waals surface area contributed by atoms with Crippen molar-refractivity contribution in [1.29, 1.82) is 0 Å². The lowest BCUT2D eigenvalue weighted by Crippen LogP contribution is -2.52. The van der Waals surface area contributed by atoms with Crippen LogP contribution in [-0.2, 0) is 9.53 Å².